The zero-order valence-electron chi connectivity index (χ0n) is 19.8. The number of carbonyl (C=O) groups is 1. The van der Waals surface area contributed by atoms with Crippen LogP contribution in [-0.2, 0) is 4.79 Å². The van der Waals surface area contributed by atoms with Crippen molar-refractivity contribution in [2.75, 3.05) is 13.7 Å². The number of fused-ring (bicyclic) bond motifs is 1. The van der Waals surface area contributed by atoms with Crippen LogP contribution in [0, 0.1) is 5.92 Å². The van der Waals surface area contributed by atoms with Gasteiger partial charge in [0.25, 0.3) is 0 Å². The molecule has 33 heavy (non-hydrogen) atoms. The van der Waals surface area contributed by atoms with Crippen LogP contribution in [0.3, 0.4) is 0 Å². The molecule has 0 spiro atoms. The highest BCUT2D eigenvalue weighted by Crippen LogP contribution is 2.50. The lowest BCUT2D eigenvalue weighted by Gasteiger charge is -2.52. The molecule has 3 atom stereocenters. The minimum atomic E-state index is -0.763. The van der Waals surface area contributed by atoms with Crippen LogP contribution in [0.5, 0.6) is 11.5 Å². The fourth-order valence-corrected chi connectivity index (χ4v) is 5.47. The van der Waals surface area contributed by atoms with Gasteiger partial charge in [-0.2, -0.15) is 0 Å². The second kappa shape index (κ2) is 9.60. The molecule has 1 saturated carbocycles. The number of hydrogen-bond donors (Lipinski definition) is 2. The van der Waals surface area contributed by atoms with Crippen LogP contribution in [0.15, 0.2) is 48.5 Å². The van der Waals surface area contributed by atoms with Crippen molar-refractivity contribution in [2.45, 2.75) is 63.5 Å². The van der Waals surface area contributed by atoms with Crippen LogP contribution in [0.25, 0.3) is 6.08 Å². The lowest BCUT2D eigenvalue weighted by Crippen LogP contribution is -2.56. The van der Waals surface area contributed by atoms with Gasteiger partial charge in [-0.25, -0.2) is 0 Å². The second-order valence-corrected chi connectivity index (χ2v) is 9.77. The second-order valence-electron chi connectivity index (χ2n) is 9.77. The Morgan fingerprint density at radius 2 is 1.91 bits per heavy atom. The third-order valence-electron chi connectivity index (χ3n) is 7.42. The fraction of sp³-hybridized carbons (Fsp3) is 0.464. The van der Waals surface area contributed by atoms with Crippen LogP contribution in [0.4, 0.5) is 0 Å². The molecule has 0 radical (unpaired) electrons. The maximum Gasteiger partial charge on any atom is 0.247 e. The molecule has 2 aromatic rings. The maximum absolute atomic E-state index is 13.4. The highest BCUT2D eigenvalue weighted by Gasteiger charge is 2.50. The molecule has 0 unspecified atom stereocenters. The fourth-order valence-electron chi connectivity index (χ4n) is 5.47. The maximum atomic E-state index is 13.4. The Kier molecular flexibility index (Phi) is 6.80. The van der Waals surface area contributed by atoms with E-state index in [-0.39, 0.29) is 23.6 Å². The monoisotopic (exact) mass is 449 g/mol. The van der Waals surface area contributed by atoms with Crippen LogP contribution in [-0.4, -0.2) is 40.3 Å². The number of hydrogen-bond acceptors (Lipinski definition) is 4. The minimum absolute atomic E-state index is 0.0445. The molecule has 5 heteroatoms. The molecule has 1 aliphatic heterocycles. The first-order valence-electron chi connectivity index (χ1n) is 12.0. The average Bonchev–Trinajstić information content (AvgIpc) is 2.82. The van der Waals surface area contributed by atoms with Gasteiger partial charge in [-0.05, 0) is 60.1 Å². The molecule has 5 nitrogen and oxygen atoms in total. The van der Waals surface area contributed by atoms with Crippen LogP contribution in [0.2, 0.25) is 0 Å². The number of amides is 1. The summed E-state index contributed by atoms with van der Waals surface area (Å²) in [5, 5.41) is 21.5. The van der Waals surface area contributed by atoms with Crippen molar-refractivity contribution in [2.24, 2.45) is 5.92 Å². The molecule has 176 valence electrons. The topological polar surface area (TPSA) is 70.0 Å². The van der Waals surface area contributed by atoms with Gasteiger partial charge in [0.1, 0.15) is 0 Å². The summed E-state index contributed by atoms with van der Waals surface area (Å²) in [5.74, 6) is 0.809. The minimum Gasteiger partial charge on any atom is -0.504 e. The van der Waals surface area contributed by atoms with E-state index in [2.05, 4.69) is 26.0 Å². The molecule has 2 aliphatic rings. The molecule has 1 saturated heterocycles. The molecular formula is C28H35NO4. The van der Waals surface area contributed by atoms with Crippen LogP contribution in [0.1, 0.15) is 74.6 Å². The van der Waals surface area contributed by atoms with Crippen molar-refractivity contribution in [3.63, 3.8) is 0 Å². The predicted octanol–water partition coefficient (Wildman–Crippen LogP) is 5.43. The number of carbonyl (C=O) groups excluding carboxylic acids is 1. The van der Waals surface area contributed by atoms with E-state index in [4.69, 9.17) is 4.74 Å². The summed E-state index contributed by atoms with van der Waals surface area (Å²) in [6.45, 7) is 4.82. The third kappa shape index (κ3) is 4.79. The van der Waals surface area contributed by atoms with E-state index in [1.54, 1.807) is 18.2 Å². The normalized spacial score (nSPS) is 25.3. The Bertz CT molecular complexity index is 1010. The Labute approximate surface area is 196 Å². The van der Waals surface area contributed by atoms with Gasteiger partial charge in [-0.3, -0.25) is 4.79 Å². The van der Waals surface area contributed by atoms with Gasteiger partial charge in [-0.15, -0.1) is 0 Å². The zero-order chi connectivity index (χ0) is 23.6. The number of rotatable bonds is 5. The summed E-state index contributed by atoms with van der Waals surface area (Å²) in [4.78, 5) is 15.3. The Balaban J connectivity index is 1.64. The number of aliphatic hydroxyl groups is 1. The molecular weight excluding hydrogens is 414 g/mol. The molecule has 2 N–H and O–H groups in total. The van der Waals surface area contributed by atoms with Crippen molar-refractivity contribution in [3.8, 4) is 11.5 Å². The number of phenols is 1. The quantitative estimate of drug-likeness (QED) is 0.597. The van der Waals surface area contributed by atoms with Gasteiger partial charge in [-0.1, -0.05) is 57.0 Å². The van der Waals surface area contributed by atoms with E-state index in [0.29, 0.717) is 24.6 Å². The molecule has 1 amide bonds. The number of piperidine rings is 1. The van der Waals surface area contributed by atoms with E-state index >= 15 is 0 Å². The molecule has 1 aliphatic carbocycles. The molecule has 1 heterocycles. The highest BCUT2D eigenvalue weighted by molar-refractivity contribution is 5.92. The summed E-state index contributed by atoms with van der Waals surface area (Å²) in [6, 6.07) is 13.3. The number of likely N-dealkylation sites (tertiary alicyclic amines) is 1. The van der Waals surface area contributed by atoms with Crippen molar-refractivity contribution in [1.29, 1.82) is 0 Å². The van der Waals surface area contributed by atoms with E-state index in [1.165, 1.54) is 12.7 Å². The number of aromatic hydroxyl groups is 1. The SMILES string of the molecule is COc1cc([C@H]2[C@H]3CCCC[C@]3(O)CCN2C(=O)/C=C/c2ccc(C(C)C)cc2)ccc1O. The highest BCUT2D eigenvalue weighted by atomic mass is 16.5. The van der Waals surface area contributed by atoms with Gasteiger partial charge in [0, 0.05) is 18.5 Å². The largest absolute Gasteiger partial charge is 0.504 e. The zero-order valence-corrected chi connectivity index (χ0v) is 19.8. The van der Waals surface area contributed by atoms with E-state index in [0.717, 1.165) is 36.8 Å². The third-order valence-corrected chi connectivity index (χ3v) is 7.42. The van der Waals surface area contributed by atoms with Crippen molar-refractivity contribution in [1.82, 2.24) is 4.90 Å². The summed E-state index contributed by atoms with van der Waals surface area (Å²) in [5.41, 5.74) is 2.38. The van der Waals surface area contributed by atoms with Crippen LogP contribution < -0.4 is 4.74 Å². The number of methoxy groups -OCH3 is 1. The van der Waals surface area contributed by atoms with Crippen LogP contribution >= 0.6 is 0 Å². The predicted molar refractivity (Wildman–Crippen MR) is 130 cm³/mol. The van der Waals surface area contributed by atoms with Gasteiger partial charge in [0.2, 0.25) is 5.91 Å². The standard InChI is InChI=1S/C28H35NO4/c1-19(2)21-10-7-20(8-11-21)9-14-26(31)29-17-16-28(32)15-5-4-6-23(28)27(29)22-12-13-24(30)25(18-22)33-3/h7-14,18-19,23,27,30,32H,4-6,15-17H2,1-3H3/b14-9+/t23-,27+,28+/m1/s1. The number of nitrogens with zero attached hydrogens (tertiary/aromatic N) is 1. The van der Waals surface area contributed by atoms with Gasteiger partial charge in [0.05, 0.1) is 18.8 Å². The number of benzene rings is 2. The molecule has 2 aromatic carbocycles. The van der Waals surface area contributed by atoms with E-state index in [9.17, 15) is 15.0 Å². The first kappa shape index (κ1) is 23.4. The van der Waals surface area contributed by atoms with Crippen molar-refractivity contribution in [3.05, 3.63) is 65.2 Å². The van der Waals surface area contributed by atoms with Gasteiger partial charge in [0.15, 0.2) is 11.5 Å². The molecule has 2 fully saturated rings. The smallest absolute Gasteiger partial charge is 0.247 e. The van der Waals surface area contributed by atoms with Gasteiger partial charge >= 0.3 is 0 Å². The Morgan fingerprint density at radius 3 is 2.61 bits per heavy atom. The molecule has 0 aromatic heterocycles. The van der Waals surface area contributed by atoms with Crippen molar-refractivity contribution < 1.29 is 19.7 Å². The summed E-state index contributed by atoms with van der Waals surface area (Å²) >= 11 is 0. The first-order valence-corrected chi connectivity index (χ1v) is 12.0. The van der Waals surface area contributed by atoms with Gasteiger partial charge < -0.3 is 19.8 Å². The summed E-state index contributed by atoms with van der Waals surface area (Å²) in [7, 11) is 1.52. The number of phenolic OH excluding ortho intramolecular Hbond substituents is 1. The van der Waals surface area contributed by atoms with Crippen molar-refractivity contribution >= 4 is 12.0 Å². The first-order chi connectivity index (χ1) is 15.8. The average molecular weight is 450 g/mol. The lowest BCUT2D eigenvalue weighted by atomic mass is 9.66. The molecule has 0 bridgehead atoms. The number of ether oxygens (including phenoxy) is 1. The summed E-state index contributed by atoms with van der Waals surface area (Å²) in [6.07, 6.45) is 7.78. The van der Waals surface area contributed by atoms with E-state index in [1.807, 2.05) is 29.2 Å². The van der Waals surface area contributed by atoms with E-state index < -0.39 is 5.60 Å². The molecule has 4 rings (SSSR count). The lowest BCUT2D eigenvalue weighted by molar-refractivity contribution is -0.150. The Morgan fingerprint density at radius 1 is 1.15 bits per heavy atom. The Hall–Kier alpha value is -2.79. The summed E-state index contributed by atoms with van der Waals surface area (Å²) < 4.78 is 5.34.